The van der Waals surface area contributed by atoms with E-state index in [-0.39, 0.29) is 11.1 Å². The smallest absolute Gasteiger partial charge is 0.284 e. The fraction of sp³-hybridized carbons (Fsp3) is 0.226. The molecule has 0 unspecified atom stereocenters. The predicted molar refractivity (Wildman–Crippen MR) is 155 cm³/mol. The average Bonchev–Trinajstić information content (AvgIpc) is 3.30. The van der Waals surface area contributed by atoms with Crippen LogP contribution in [-0.2, 0) is 13.0 Å². The Morgan fingerprint density at radius 3 is 2.46 bits per heavy atom. The number of nitrogens with one attached hydrogen (secondary N) is 1. The van der Waals surface area contributed by atoms with Gasteiger partial charge in [0.25, 0.3) is 11.5 Å². The minimum Gasteiger partial charge on any atom is -0.493 e. The van der Waals surface area contributed by atoms with Gasteiger partial charge in [-0.25, -0.2) is 14.6 Å². The van der Waals surface area contributed by atoms with E-state index in [1.54, 1.807) is 49.2 Å². The van der Waals surface area contributed by atoms with Gasteiger partial charge in [-0.3, -0.25) is 14.3 Å². The van der Waals surface area contributed by atoms with Gasteiger partial charge in [0.05, 0.1) is 36.5 Å². The number of anilines is 1. The largest absolute Gasteiger partial charge is 0.493 e. The number of carbonyl (C=O) groups is 1. The number of rotatable bonds is 7. The summed E-state index contributed by atoms with van der Waals surface area (Å²) < 4.78 is 20.5. The van der Waals surface area contributed by atoms with Gasteiger partial charge >= 0.3 is 0 Å². The summed E-state index contributed by atoms with van der Waals surface area (Å²) in [5.41, 5.74) is 3.35. The average molecular weight is 552 g/mol. The Hall–Kier alpha value is -5.12. The Labute approximate surface area is 236 Å². The normalized spacial score (nSPS) is 12.6. The summed E-state index contributed by atoms with van der Waals surface area (Å²) in [7, 11) is 3.13. The van der Waals surface area contributed by atoms with Gasteiger partial charge < -0.3 is 19.5 Å². The highest BCUT2D eigenvalue weighted by molar-refractivity contribution is 6.05. The number of para-hydroxylation sites is 1. The van der Waals surface area contributed by atoms with Crippen molar-refractivity contribution in [1.29, 1.82) is 0 Å². The molecule has 1 aliphatic rings. The van der Waals surface area contributed by atoms with Gasteiger partial charge in [0.1, 0.15) is 17.6 Å². The third kappa shape index (κ3) is 4.77. The van der Waals surface area contributed by atoms with Crippen LogP contribution in [0.1, 0.15) is 34.5 Å². The first kappa shape index (κ1) is 26.1. The lowest BCUT2D eigenvalue weighted by Gasteiger charge is -2.19. The van der Waals surface area contributed by atoms with E-state index in [4.69, 9.17) is 14.2 Å². The van der Waals surface area contributed by atoms with Crippen LogP contribution in [-0.4, -0.2) is 39.5 Å². The highest BCUT2D eigenvalue weighted by atomic mass is 16.5. The maximum Gasteiger partial charge on any atom is 0.284 e. The van der Waals surface area contributed by atoms with Crippen molar-refractivity contribution < 1.29 is 19.0 Å². The molecule has 41 heavy (non-hydrogen) atoms. The zero-order valence-corrected chi connectivity index (χ0v) is 23.0. The fourth-order valence-electron chi connectivity index (χ4n) is 5.27. The molecule has 1 aliphatic heterocycles. The van der Waals surface area contributed by atoms with E-state index < -0.39 is 5.91 Å². The van der Waals surface area contributed by atoms with E-state index >= 15 is 0 Å². The summed E-state index contributed by atoms with van der Waals surface area (Å²) in [5, 5.41) is 3.59. The number of aryl methyl sites for hydroxylation is 1. The molecule has 208 valence electrons. The fourth-order valence-corrected chi connectivity index (χ4v) is 5.27. The first-order valence-corrected chi connectivity index (χ1v) is 13.3. The van der Waals surface area contributed by atoms with E-state index in [0.29, 0.717) is 52.7 Å². The molecule has 1 N–H and O–H groups in total. The van der Waals surface area contributed by atoms with Gasteiger partial charge in [-0.15, -0.1) is 0 Å². The topological polar surface area (TPSA) is 110 Å². The Morgan fingerprint density at radius 1 is 0.927 bits per heavy atom. The summed E-state index contributed by atoms with van der Waals surface area (Å²) in [6.07, 6.45) is 3.99. The van der Waals surface area contributed by atoms with E-state index in [2.05, 4.69) is 15.3 Å². The Bertz CT molecular complexity index is 1830. The number of amides is 1. The van der Waals surface area contributed by atoms with Crippen LogP contribution in [0.4, 0.5) is 5.69 Å². The number of benzene rings is 3. The first-order chi connectivity index (χ1) is 20.0. The molecule has 2 aromatic heterocycles. The number of hydrogen-bond acceptors (Lipinski definition) is 7. The van der Waals surface area contributed by atoms with E-state index in [1.165, 1.54) is 6.33 Å². The van der Waals surface area contributed by atoms with Crippen LogP contribution in [0.3, 0.4) is 0 Å². The monoisotopic (exact) mass is 551 g/mol. The minimum atomic E-state index is -0.425. The molecule has 1 amide bonds. The lowest BCUT2D eigenvalue weighted by Crippen LogP contribution is -2.25. The molecule has 10 nitrogen and oxygen atoms in total. The summed E-state index contributed by atoms with van der Waals surface area (Å²) in [6.45, 7) is 2.56. The van der Waals surface area contributed by atoms with Crippen molar-refractivity contribution in [3.63, 3.8) is 0 Å². The van der Waals surface area contributed by atoms with Crippen molar-refractivity contribution in [2.24, 2.45) is 0 Å². The van der Waals surface area contributed by atoms with Gasteiger partial charge in [-0.05, 0) is 68.1 Å². The first-order valence-electron chi connectivity index (χ1n) is 13.3. The van der Waals surface area contributed by atoms with Gasteiger partial charge in [0.2, 0.25) is 5.88 Å². The van der Waals surface area contributed by atoms with Crippen LogP contribution >= 0.6 is 0 Å². The summed E-state index contributed by atoms with van der Waals surface area (Å²) in [5.74, 6) is 1.59. The number of aromatic nitrogens is 4. The molecule has 0 saturated carbocycles. The second kappa shape index (κ2) is 10.8. The second-order valence-electron chi connectivity index (χ2n) is 9.79. The SMILES string of the molecule is COc1cc2ncnc(Oc3ccc(NC(=O)c4c5n(n(-c6ccccc6)c4=O)CCCC5)cc3C)c2cc1OC. The van der Waals surface area contributed by atoms with Crippen molar-refractivity contribution in [3.8, 4) is 28.8 Å². The lowest BCUT2D eigenvalue weighted by molar-refractivity contribution is 0.102. The van der Waals surface area contributed by atoms with Gasteiger partial charge in [0, 0.05) is 18.3 Å². The van der Waals surface area contributed by atoms with Crippen molar-refractivity contribution in [2.45, 2.75) is 32.7 Å². The third-order valence-electron chi connectivity index (χ3n) is 7.25. The van der Waals surface area contributed by atoms with E-state index in [1.807, 2.05) is 41.9 Å². The van der Waals surface area contributed by atoms with Crippen LogP contribution in [0.25, 0.3) is 16.6 Å². The highest BCUT2D eigenvalue weighted by Gasteiger charge is 2.27. The van der Waals surface area contributed by atoms with Crippen molar-refractivity contribution in [1.82, 2.24) is 19.3 Å². The second-order valence-corrected chi connectivity index (χ2v) is 9.79. The molecule has 0 aliphatic carbocycles. The Balaban J connectivity index is 1.28. The number of fused-ring (bicyclic) bond motifs is 2. The summed E-state index contributed by atoms with van der Waals surface area (Å²) in [6, 6.07) is 18.3. The predicted octanol–water partition coefficient (Wildman–Crippen LogP) is 5.29. The Kier molecular flexibility index (Phi) is 6.88. The Morgan fingerprint density at radius 2 is 1.71 bits per heavy atom. The minimum absolute atomic E-state index is 0.184. The number of methoxy groups -OCH3 is 2. The van der Waals surface area contributed by atoms with Gasteiger partial charge in [-0.1, -0.05) is 18.2 Å². The van der Waals surface area contributed by atoms with Gasteiger partial charge in [0.15, 0.2) is 11.5 Å². The molecular weight excluding hydrogens is 522 g/mol. The molecule has 5 aromatic rings. The number of ether oxygens (including phenoxy) is 3. The molecule has 0 radical (unpaired) electrons. The molecule has 6 rings (SSSR count). The highest BCUT2D eigenvalue weighted by Crippen LogP contribution is 2.36. The van der Waals surface area contributed by atoms with E-state index in [9.17, 15) is 9.59 Å². The van der Waals surface area contributed by atoms with Crippen LogP contribution in [0.2, 0.25) is 0 Å². The molecule has 0 spiro atoms. The molecule has 3 heterocycles. The lowest BCUT2D eigenvalue weighted by atomic mass is 10.1. The summed E-state index contributed by atoms with van der Waals surface area (Å²) in [4.78, 5) is 35.7. The maximum atomic E-state index is 13.5. The molecule has 0 bridgehead atoms. The quantitative estimate of drug-likeness (QED) is 0.293. The molecule has 0 fully saturated rings. The van der Waals surface area contributed by atoms with Crippen molar-refractivity contribution in [2.75, 3.05) is 19.5 Å². The van der Waals surface area contributed by atoms with Crippen LogP contribution in [0.5, 0.6) is 23.1 Å². The van der Waals surface area contributed by atoms with Gasteiger partial charge in [-0.2, -0.15) is 0 Å². The van der Waals surface area contributed by atoms with Crippen LogP contribution in [0, 0.1) is 6.92 Å². The number of carbonyl (C=O) groups excluding carboxylic acids is 1. The maximum absolute atomic E-state index is 13.5. The van der Waals surface area contributed by atoms with Crippen LogP contribution < -0.4 is 25.1 Å². The molecule has 0 saturated heterocycles. The van der Waals surface area contributed by atoms with Crippen molar-refractivity contribution >= 4 is 22.5 Å². The summed E-state index contributed by atoms with van der Waals surface area (Å²) >= 11 is 0. The molecule has 10 heteroatoms. The number of nitrogens with zero attached hydrogens (tertiary/aromatic N) is 4. The molecule has 3 aromatic carbocycles. The third-order valence-corrected chi connectivity index (χ3v) is 7.25. The molecule has 0 atom stereocenters. The zero-order chi connectivity index (χ0) is 28.5. The standard InChI is InChI=1S/C31H29N5O5/c1-19-15-20(12-13-25(19)41-30-22-16-26(39-2)27(40-3)17-23(22)32-18-33-30)34-29(37)28-24-11-7-8-14-35(24)36(31(28)38)21-9-5-4-6-10-21/h4-6,9-10,12-13,15-18H,7-8,11,14H2,1-3H3,(H,34,37). The van der Waals surface area contributed by atoms with Crippen LogP contribution in [0.15, 0.2) is 71.8 Å². The zero-order valence-electron chi connectivity index (χ0n) is 23.0. The van der Waals surface area contributed by atoms with Crippen molar-refractivity contribution in [3.05, 3.63) is 94.2 Å². The number of hydrogen-bond donors (Lipinski definition) is 1. The van der Waals surface area contributed by atoms with E-state index in [0.717, 1.165) is 29.8 Å². The molecular formula is C31H29N5O5.